The third-order valence-corrected chi connectivity index (χ3v) is 7.70. The Balaban J connectivity index is 1.32. The van der Waals surface area contributed by atoms with Gasteiger partial charge in [-0.15, -0.1) is 0 Å². The Morgan fingerprint density at radius 1 is 0.289 bits per heavy atom. The van der Waals surface area contributed by atoms with Crippen LogP contribution in [0.2, 0.25) is 0 Å². The van der Waals surface area contributed by atoms with Gasteiger partial charge in [-0.3, -0.25) is 0 Å². The summed E-state index contributed by atoms with van der Waals surface area (Å²) < 4.78 is 4.76. The van der Waals surface area contributed by atoms with Crippen molar-refractivity contribution in [2.45, 2.75) is 0 Å². The molecule has 0 amide bonds. The first kappa shape index (κ1) is 21.0. The second kappa shape index (κ2) is 8.22. The average Bonchev–Trinajstić information content (AvgIpc) is 3.51. The second-order valence-corrected chi connectivity index (χ2v) is 9.84. The fraction of sp³-hybridized carbons (Fsp3) is 0. The van der Waals surface area contributed by atoms with Crippen LogP contribution in [0.4, 0.5) is 0 Å². The monoisotopic (exact) mass is 484 g/mol. The van der Waals surface area contributed by atoms with Gasteiger partial charge in [-0.2, -0.15) is 0 Å². The maximum Gasteiger partial charge on any atom is 0.0541 e. The van der Waals surface area contributed by atoms with E-state index in [1.54, 1.807) is 0 Å². The highest BCUT2D eigenvalue weighted by molar-refractivity contribution is 6.10. The van der Waals surface area contributed by atoms with E-state index < -0.39 is 0 Å². The van der Waals surface area contributed by atoms with Gasteiger partial charge in [0.15, 0.2) is 0 Å². The van der Waals surface area contributed by atoms with E-state index in [1.807, 2.05) is 0 Å². The molecule has 2 aromatic heterocycles. The first-order valence-corrected chi connectivity index (χ1v) is 13.0. The highest BCUT2D eigenvalue weighted by Crippen LogP contribution is 2.35. The van der Waals surface area contributed by atoms with Crippen molar-refractivity contribution in [3.8, 4) is 22.5 Å². The zero-order valence-electron chi connectivity index (χ0n) is 20.8. The Morgan fingerprint density at radius 2 is 0.605 bits per heavy atom. The van der Waals surface area contributed by atoms with Crippen LogP contribution in [0.3, 0.4) is 0 Å². The molecule has 0 aliphatic heterocycles. The SMILES string of the molecule is c1cc(-c2cccc(-n3c4ccccc4c4ccccc43)c2)cc(-n2c3ccccc3c3ccccc32)c1. The van der Waals surface area contributed by atoms with Gasteiger partial charge in [0.25, 0.3) is 0 Å². The molecule has 0 aliphatic rings. The standard InChI is InChI=1S/C36H24N2/c1-5-19-33-29(15-1)30-16-2-6-20-34(30)37(33)27-13-9-11-25(23-27)26-12-10-14-28(24-26)38-35-21-7-3-17-31(35)32-18-4-8-22-36(32)38/h1-24H. The maximum atomic E-state index is 2.38. The predicted octanol–water partition coefficient (Wildman–Crippen LogP) is 9.55. The summed E-state index contributed by atoms with van der Waals surface area (Å²) >= 11 is 0. The number of fused-ring (bicyclic) bond motifs is 6. The summed E-state index contributed by atoms with van der Waals surface area (Å²) in [4.78, 5) is 0. The molecule has 0 spiro atoms. The average molecular weight is 485 g/mol. The fourth-order valence-electron chi connectivity index (χ4n) is 6.05. The van der Waals surface area contributed by atoms with Crippen LogP contribution in [0.25, 0.3) is 66.1 Å². The topological polar surface area (TPSA) is 9.86 Å². The Kier molecular flexibility index (Phi) is 4.55. The van der Waals surface area contributed by atoms with Crippen LogP contribution in [0.5, 0.6) is 0 Å². The molecule has 8 rings (SSSR count). The predicted molar refractivity (Wildman–Crippen MR) is 161 cm³/mol. The largest absolute Gasteiger partial charge is 0.309 e. The van der Waals surface area contributed by atoms with Crippen LogP contribution in [-0.2, 0) is 0 Å². The Hall–Kier alpha value is -5.08. The minimum atomic E-state index is 1.17. The van der Waals surface area contributed by atoms with Crippen molar-refractivity contribution < 1.29 is 0 Å². The van der Waals surface area contributed by atoms with Gasteiger partial charge >= 0.3 is 0 Å². The smallest absolute Gasteiger partial charge is 0.0541 e. The number of para-hydroxylation sites is 4. The Bertz CT molecular complexity index is 1880. The molecular weight excluding hydrogens is 460 g/mol. The van der Waals surface area contributed by atoms with E-state index in [1.165, 1.54) is 66.1 Å². The quantitative estimate of drug-likeness (QED) is 0.236. The number of benzene rings is 6. The van der Waals surface area contributed by atoms with Gasteiger partial charge in [0, 0.05) is 32.9 Å². The molecule has 0 bridgehead atoms. The number of hydrogen-bond acceptors (Lipinski definition) is 0. The summed E-state index contributed by atoms with van der Waals surface area (Å²) in [5, 5.41) is 5.12. The molecule has 6 aromatic carbocycles. The van der Waals surface area contributed by atoms with Gasteiger partial charge in [0.2, 0.25) is 0 Å². The van der Waals surface area contributed by atoms with Crippen LogP contribution < -0.4 is 0 Å². The number of hydrogen-bond donors (Lipinski definition) is 0. The van der Waals surface area contributed by atoms with Gasteiger partial charge in [-0.25, -0.2) is 0 Å². The van der Waals surface area contributed by atoms with E-state index in [0.717, 1.165) is 0 Å². The lowest BCUT2D eigenvalue weighted by atomic mass is 10.0. The van der Waals surface area contributed by atoms with E-state index in [-0.39, 0.29) is 0 Å². The number of nitrogens with zero attached hydrogens (tertiary/aromatic N) is 2. The minimum Gasteiger partial charge on any atom is -0.309 e. The summed E-state index contributed by atoms with van der Waals surface area (Å²) in [7, 11) is 0. The lowest BCUT2D eigenvalue weighted by Crippen LogP contribution is -1.95. The summed E-state index contributed by atoms with van der Waals surface area (Å²) in [6.45, 7) is 0. The molecule has 8 aromatic rings. The fourth-order valence-corrected chi connectivity index (χ4v) is 6.05. The second-order valence-electron chi connectivity index (χ2n) is 9.84. The molecule has 0 saturated heterocycles. The number of aromatic nitrogens is 2. The Morgan fingerprint density at radius 3 is 0.947 bits per heavy atom. The zero-order chi connectivity index (χ0) is 25.1. The van der Waals surface area contributed by atoms with Crippen molar-refractivity contribution in [2.24, 2.45) is 0 Å². The molecule has 0 atom stereocenters. The van der Waals surface area contributed by atoms with Crippen LogP contribution in [-0.4, -0.2) is 9.13 Å². The van der Waals surface area contributed by atoms with Crippen molar-refractivity contribution in [3.05, 3.63) is 146 Å². The van der Waals surface area contributed by atoms with Crippen molar-refractivity contribution in [1.82, 2.24) is 9.13 Å². The summed E-state index contributed by atoms with van der Waals surface area (Å²) in [6, 6.07) is 52.5. The lowest BCUT2D eigenvalue weighted by molar-refractivity contribution is 1.17. The van der Waals surface area contributed by atoms with E-state index in [2.05, 4.69) is 155 Å². The van der Waals surface area contributed by atoms with Crippen LogP contribution >= 0.6 is 0 Å². The molecule has 0 fully saturated rings. The normalized spacial score (nSPS) is 11.7. The van der Waals surface area contributed by atoms with Crippen LogP contribution in [0.15, 0.2) is 146 Å². The summed E-state index contributed by atoms with van der Waals surface area (Å²) in [6.07, 6.45) is 0. The first-order valence-electron chi connectivity index (χ1n) is 13.0. The molecule has 0 aliphatic carbocycles. The number of rotatable bonds is 3. The summed E-state index contributed by atoms with van der Waals surface area (Å²) in [5.74, 6) is 0. The van der Waals surface area contributed by atoms with Gasteiger partial charge in [0.1, 0.15) is 0 Å². The van der Waals surface area contributed by atoms with Gasteiger partial charge in [-0.1, -0.05) is 97.1 Å². The molecule has 0 saturated carbocycles. The maximum absolute atomic E-state index is 2.38. The first-order chi connectivity index (χ1) is 18.9. The van der Waals surface area contributed by atoms with Crippen molar-refractivity contribution >= 4 is 43.6 Å². The van der Waals surface area contributed by atoms with Gasteiger partial charge in [0.05, 0.1) is 22.1 Å². The third-order valence-electron chi connectivity index (χ3n) is 7.70. The van der Waals surface area contributed by atoms with E-state index in [9.17, 15) is 0 Å². The zero-order valence-corrected chi connectivity index (χ0v) is 20.8. The van der Waals surface area contributed by atoms with Crippen LogP contribution in [0, 0.1) is 0 Å². The van der Waals surface area contributed by atoms with E-state index in [0.29, 0.717) is 0 Å². The van der Waals surface area contributed by atoms with Crippen molar-refractivity contribution in [3.63, 3.8) is 0 Å². The molecule has 0 N–H and O–H groups in total. The van der Waals surface area contributed by atoms with Crippen molar-refractivity contribution in [1.29, 1.82) is 0 Å². The molecular formula is C36H24N2. The molecule has 0 unspecified atom stereocenters. The lowest BCUT2D eigenvalue weighted by Gasteiger charge is -2.12. The van der Waals surface area contributed by atoms with E-state index >= 15 is 0 Å². The Labute approximate surface area is 220 Å². The van der Waals surface area contributed by atoms with Crippen LogP contribution in [0.1, 0.15) is 0 Å². The molecule has 2 heterocycles. The highest BCUT2D eigenvalue weighted by atomic mass is 15.0. The highest BCUT2D eigenvalue weighted by Gasteiger charge is 2.14. The van der Waals surface area contributed by atoms with Gasteiger partial charge < -0.3 is 9.13 Å². The summed E-state index contributed by atoms with van der Waals surface area (Å²) in [5.41, 5.74) is 9.65. The molecule has 2 nitrogen and oxygen atoms in total. The molecule has 38 heavy (non-hydrogen) atoms. The molecule has 2 heteroatoms. The molecule has 178 valence electrons. The minimum absolute atomic E-state index is 1.17. The molecule has 0 radical (unpaired) electrons. The van der Waals surface area contributed by atoms with E-state index in [4.69, 9.17) is 0 Å². The van der Waals surface area contributed by atoms with Gasteiger partial charge in [-0.05, 0) is 59.7 Å². The van der Waals surface area contributed by atoms with Crippen molar-refractivity contribution in [2.75, 3.05) is 0 Å². The third kappa shape index (κ3) is 3.07.